The van der Waals surface area contributed by atoms with E-state index in [0.29, 0.717) is 6.42 Å². The summed E-state index contributed by atoms with van der Waals surface area (Å²) in [6.45, 7) is 0. The van der Waals surface area contributed by atoms with E-state index in [0.717, 1.165) is 13.6 Å². The van der Waals surface area contributed by atoms with E-state index in [1.165, 1.54) is 4.88 Å². The fourth-order valence-corrected chi connectivity index (χ4v) is 3.54. The number of halogens is 2. The maximum absolute atomic E-state index is 10.1. The molecule has 0 fully saturated rings. The lowest BCUT2D eigenvalue weighted by atomic mass is 10.1. The van der Waals surface area contributed by atoms with Crippen molar-refractivity contribution in [3.63, 3.8) is 0 Å². The molecular weight excluding hydrogens is 399 g/mol. The van der Waals surface area contributed by atoms with Crippen molar-refractivity contribution >= 4 is 49.9 Å². The molecule has 1 heterocycles. The molecule has 0 bridgehead atoms. The molecular formula is C12H10BrIOS. The summed E-state index contributed by atoms with van der Waals surface area (Å²) < 4.78 is 2.24. The molecule has 0 saturated heterocycles. The van der Waals surface area contributed by atoms with E-state index >= 15 is 0 Å². The Morgan fingerprint density at radius 3 is 2.81 bits per heavy atom. The van der Waals surface area contributed by atoms with Gasteiger partial charge in [-0.3, -0.25) is 0 Å². The minimum absolute atomic E-state index is 0.416. The number of hydrogen-bond acceptors (Lipinski definition) is 2. The summed E-state index contributed by atoms with van der Waals surface area (Å²) in [6.07, 6.45) is 0.261. The summed E-state index contributed by atoms with van der Waals surface area (Å²) in [5.41, 5.74) is 0.983. The van der Waals surface area contributed by atoms with Crippen molar-refractivity contribution in [3.8, 4) is 0 Å². The Bertz CT molecular complexity index is 483. The lowest BCUT2D eigenvalue weighted by Gasteiger charge is -2.09. The zero-order valence-electron chi connectivity index (χ0n) is 8.36. The van der Waals surface area contributed by atoms with Gasteiger partial charge in [0.2, 0.25) is 0 Å². The number of aliphatic hydroxyl groups excluding tert-OH is 1. The highest BCUT2D eigenvalue weighted by Crippen LogP contribution is 2.26. The molecule has 0 aliphatic rings. The van der Waals surface area contributed by atoms with E-state index in [1.54, 1.807) is 11.3 Å². The first-order chi connectivity index (χ1) is 7.65. The second-order valence-corrected chi connectivity index (χ2v) is 6.66. The molecule has 1 aromatic carbocycles. The van der Waals surface area contributed by atoms with Crippen molar-refractivity contribution in [1.82, 2.24) is 0 Å². The standard InChI is InChI=1S/C12H10BrIOS/c13-9-5-11(16-7-9)6-12(15)8-2-1-3-10(14)4-8/h1-5,7,12,15H,6H2. The van der Waals surface area contributed by atoms with E-state index in [-0.39, 0.29) is 0 Å². The second-order valence-electron chi connectivity index (χ2n) is 3.51. The minimum atomic E-state index is -0.416. The molecule has 2 aromatic rings. The highest BCUT2D eigenvalue weighted by atomic mass is 127. The van der Waals surface area contributed by atoms with Gasteiger partial charge in [-0.25, -0.2) is 0 Å². The van der Waals surface area contributed by atoms with Crippen molar-refractivity contribution in [2.75, 3.05) is 0 Å². The van der Waals surface area contributed by atoms with Crippen LogP contribution in [0.1, 0.15) is 16.5 Å². The van der Waals surface area contributed by atoms with Crippen molar-refractivity contribution in [2.45, 2.75) is 12.5 Å². The van der Waals surface area contributed by atoms with Gasteiger partial charge in [0.1, 0.15) is 0 Å². The molecule has 1 N–H and O–H groups in total. The van der Waals surface area contributed by atoms with Gasteiger partial charge in [-0.1, -0.05) is 12.1 Å². The molecule has 2 rings (SSSR count). The number of rotatable bonds is 3. The van der Waals surface area contributed by atoms with E-state index in [1.807, 2.05) is 29.6 Å². The maximum Gasteiger partial charge on any atom is 0.0838 e. The number of hydrogen-bond donors (Lipinski definition) is 1. The van der Waals surface area contributed by atoms with E-state index < -0.39 is 6.10 Å². The average molecular weight is 409 g/mol. The fourth-order valence-electron chi connectivity index (χ4n) is 1.48. The third kappa shape index (κ3) is 3.29. The number of aliphatic hydroxyl groups is 1. The monoisotopic (exact) mass is 408 g/mol. The van der Waals surface area contributed by atoms with Crippen LogP contribution in [-0.4, -0.2) is 5.11 Å². The number of benzene rings is 1. The molecule has 1 nitrogen and oxygen atoms in total. The van der Waals surface area contributed by atoms with Gasteiger partial charge in [-0.05, 0) is 62.3 Å². The topological polar surface area (TPSA) is 20.2 Å². The summed E-state index contributed by atoms with van der Waals surface area (Å²) in [6, 6.07) is 10.0. The summed E-state index contributed by atoms with van der Waals surface area (Å²) in [7, 11) is 0. The molecule has 0 aliphatic carbocycles. The van der Waals surface area contributed by atoms with Crippen LogP contribution in [0.4, 0.5) is 0 Å². The lowest BCUT2D eigenvalue weighted by Crippen LogP contribution is -2.00. The highest BCUT2D eigenvalue weighted by Gasteiger charge is 2.10. The maximum atomic E-state index is 10.1. The predicted octanol–water partition coefficient (Wildman–Crippen LogP) is 4.39. The van der Waals surface area contributed by atoms with Crippen LogP contribution in [0.5, 0.6) is 0 Å². The van der Waals surface area contributed by atoms with Gasteiger partial charge in [0.15, 0.2) is 0 Å². The van der Waals surface area contributed by atoms with Gasteiger partial charge >= 0.3 is 0 Å². The Kier molecular flexibility index (Phi) is 4.41. The molecule has 1 atom stereocenters. The van der Waals surface area contributed by atoms with Crippen molar-refractivity contribution in [3.05, 3.63) is 54.2 Å². The molecule has 4 heteroatoms. The number of thiophene rings is 1. The average Bonchev–Trinajstić information content (AvgIpc) is 2.64. The molecule has 1 aromatic heterocycles. The SMILES string of the molecule is OC(Cc1cc(Br)cs1)c1cccc(I)c1. The third-order valence-electron chi connectivity index (χ3n) is 2.25. The van der Waals surface area contributed by atoms with Crippen LogP contribution < -0.4 is 0 Å². The Hall–Kier alpha value is 0.0900. The van der Waals surface area contributed by atoms with E-state index in [2.05, 4.69) is 44.6 Å². The van der Waals surface area contributed by atoms with Gasteiger partial charge in [0.05, 0.1) is 6.10 Å². The first kappa shape index (κ1) is 12.5. The molecule has 0 aliphatic heterocycles. The Morgan fingerprint density at radius 1 is 1.38 bits per heavy atom. The highest BCUT2D eigenvalue weighted by molar-refractivity contribution is 14.1. The van der Waals surface area contributed by atoms with Crippen LogP contribution in [-0.2, 0) is 6.42 Å². The zero-order chi connectivity index (χ0) is 11.5. The first-order valence-electron chi connectivity index (χ1n) is 4.81. The summed E-state index contributed by atoms with van der Waals surface area (Å²) in [4.78, 5) is 1.19. The molecule has 0 radical (unpaired) electrons. The predicted molar refractivity (Wildman–Crippen MR) is 79.8 cm³/mol. The van der Waals surface area contributed by atoms with E-state index in [4.69, 9.17) is 0 Å². The van der Waals surface area contributed by atoms with Crippen LogP contribution in [0.3, 0.4) is 0 Å². The van der Waals surface area contributed by atoms with Crippen molar-refractivity contribution < 1.29 is 5.11 Å². The quantitative estimate of drug-likeness (QED) is 0.746. The van der Waals surface area contributed by atoms with Gasteiger partial charge in [0, 0.05) is 24.7 Å². The molecule has 0 spiro atoms. The third-order valence-corrected chi connectivity index (χ3v) is 4.64. The Morgan fingerprint density at radius 2 is 2.19 bits per heavy atom. The normalized spacial score (nSPS) is 12.7. The smallest absolute Gasteiger partial charge is 0.0838 e. The molecule has 0 saturated carbocycles. The van der Waals surface area contributed by atoms with Crippen LogP contribution in [0.25, 0.3) is 0 Å². The largest absolute Gasteiger partial charge is 0.388 e. The van der Waals surface area contributed by atoms with Gasteiger partial charge in [-0.15, -0.1) is 11.3 Å². The Balaban J connectivity index is 2.11. The second kappa shape index (κ2) is 5.62. The Labute approximate surface area is 121 Å². The molecule has 16 heavy (non-hydrogen) atoms. The lowest BCUT2D eigenvalue weighted by molar-refractivity contribution is 0.179. The van der Waals surface area contributed by atoms with Crippen LogP contribution >= 0.6 is 49.9 Å². The van der Waals surface area contributed by atoms with Gasteiger partial charge < -0.3 is 5.11 Å². The zero-order valence-corrected chi connectivity index (χ0v) is 12.9. The molecule has 0 amide bonds. The van der Waals surface area contributed by atoms with Gasteiger partial charge in [0.25, 0.3) is 0 Å². The first-order valence-corrected chi connectivity index (χ1v) is 7.57. The summed E-state index contributed by atoms with van der Waals surface area (Å²) >= 11 is 7.34. The molecule has 84 valence electrons. The van der Waals surface area contributed by atoms with Crippen LogP contribution in [0.2, 0.25) is 0 Å². The summed E-state index contributed by atoms with van der Waals surface area (Å²) in [5.74, 6) is 0. The van der Waals surface area contributed by atoms with E-state index in [9.17, 15) is 5.11 Å². The van der Waals surface area contributed by atoms with Gasteiger partial charge in [-0.2, -0.15) is 0 Å². The van der Waals surface area contributed by atoms with Crippen LogP contribution in [0, 0.1) is 3.57 Å². The fraction of sp³-hybridized carbons (Fsp3) is 0.167. The van der Waals surface area contributed by atoms with Crippen LogP contribution in [0.15, 0.2) is 40.2 Å². The molecule has 1 unspecified atom stereocenters. The van der Waals surface area contributed by atoms with Crippen molar-refractivity contribution in [2.24, 2.45) is 0 Å². The summed E-state index contributed by atoms with van der Waals surface area (Å²) in [5, 5.41) is 12.1. The van der Waals surface area contributed by atoms with Crippen molar-refractivity contribution in [1.29, 1.82) is 0 Å². The minimum Gasteiger partial charge on any atom is -0.388 e.